The molecule has 0 aromatic heterocycles. The second kappa shape index (κ2) is 7.20. The Morgan fingerprint density at radius 2 is 1.93 bits per heavy atom. The zero-order chi connectivity index (χ0) is 19.6. The summed E-state index contributed by atoms with van der Waals surface area (Å²) in [5.41, 5.74) is 1.61. The number of phenolic OH excluding ortho intramolecular Hbond substituents is 2. The first kappa shape index (κ1) is 18.0. The van der Waals surface area contributed by atoms with Crippen LogP contribution in [0.25, 0.3) is 6.08 Å². The molecule has 1 saturated heterocycles. The van der Waals surface area contributed by atoms with Crippen molar-refractivity contribution < 1.29 is 24.6 Å². The van der Waals surface area contributed by atoms with Gasteiger partial charge in [0.25, 0.3) is 5.91 Å². The molecule has 0 atom stereocenters. The highest BCUT2D eigenvalue weighted by molar-refractivity contribution is 6.16. The van der Waals surface area contributed by atoms with Gasteiger partial charge in [-0.3, -0.25) is 9.59 Å². The Hall–Kier alpha value is -3.81. The van der Waals surface area contributed by atoms with Gasteiger partial charge in [-0.1, -0.05) is 18.2 Å². The van der Waals surface area contributed by atoms with Gasteiger partial charge in [0.1, 0.15) is 23.7 Å². The number of hydrogen-bond donors (Lipinski definition) is 4. The topological polar surface area (TPSA) is 119 Å². The monoisotopic (exact) mass is 367 g/mol. The van der Waals surface area contributed by atoms with Crippen LogP contribution < -0.4 is 10.6 Å². The smallest absolute Gasteiger partial charge is 0.329 e. The SMILES string of the molecule is Cc1ccccc1NC(=O)CN1C(=O)N/C(=C\c2ccc(O)cc2O)C1=O. The van der Waals surface area contributed by atoms with E-state index in [0.717, 1.165) is 16.5 Å². The van der Waals surface area contributed by atoms with Crippen molar-refractivity contribution in [2.75, 3.05) is 11.9 Å². The number of urea groups is 1. The highest BCUT2D eigenvalue weighted by Gasteiger charge is 2.35. The zero-order valence-electron chi connectivity index (χ0n) is 14.4. The largest absolute Gasteiger partial charge is 0.508 e. The Balaban J connectivity index is 1.73. The van der Waals surface area contributed by atoms with E-state index in [4.69, 9.17) is 0 Å². The summed E-state index contributed by atoms with van der Waals surface area (Å²) in [4.78, 5) is 37.4. The number of nitrogens with zero attached hydrogens (tertiary/aromatic N) is 1. The van der Waals surface area contributed by atoms with Crippen molar-refractivity contribution in [1.82, 2.24) is 10.2 Å². The molecule has 3 rings (SSSR count). The number of carbonyl (C=O) groups excluding carboxylic acids is 3. The van der Waals surface area contributed by atoms with E-state index in [1.54, 1.807) is 12.1 Å². The normalized spacial score (nSPS) is 15.1. The van der Waals surface area contributed by atoms with E-state index < -0.39 is 24.4 Å². The number of rotatable bonds is 4. The number of carbonyl (C=O) groups is 3. The van der Waals surface area contributed by atoms with Gasteiger partial charge in [0.05, 0.1) is 0 Å². The summed E-state index contributed by atoms with van der Waals surface area (Å²) in [5, 5.41) is 24.1. The Bertz CT molecular complexity index is 968. The van der Waals surface area contributed by atoms with Crippen molar-refractivity contribution in [3.8, 4) is 11.5 Å². The van der Waals surface area contributed by atoms with Gasteiger partial charge in [0, 0.05) is 17.3 Å². The van der Waals surface area contributed by atoms with Gasteiger partial charge in [-0.05, 0) is 36.8 Å². The fraction of sp³-hybridized carbons (Fsp3) is 0.105. The Morgan fingerprint density at radius 1 is 1.19 bits per heavy atom. The molecule has 0 unspecified atom stereocenters. The molecule has 27 heavy (non-hydrogen) atoms. The Kier molecular flexibility index (Phi) is 4.80. The predicted molar refractivity (Wildman–Crippen MR) is 97.8 cm³/mol. The van der Waals surface area contributed by atoms with Gasteiger partial charge in [-0.15, -0.1) is 0 Å². The molecule has 0 aliphatic carbocycles. The van der Waals surface area contributed by atoms with Crippen LogP contribution in [-0.2, 0) is 9.59 Å². The lowest BCUT2D eigenvalue weighted by Crippen LogP contribution is -2.38. The number of aromatic hydroxyl groups is 2. The molecule has 8 heteroatoms. The van der Waals surface area contributed by atoms with E-state index in [1.807, 2.05) is 19.1 Å². The van der Waals surface area contributed by atoms with Crippen LogP contribution in [0.4, 0.5) is 10.5 Å². The van der Waals surface area contributed by atoms with Crippen LogP contribution in [-0.4, -0.2) is 39.5 Å². The first-order valence-electron chi connectivity index (χ1n) is 8.07. The first-order chi connectivity index (χ1) is 12.8. The molecule has 2 aromatic rings. The van der Waals surface area contributed by atoms with Crippen molar-refractivity contribution in [3.63, 3.8) is 0 Å². The van der Waals surface area contributed by atoms with Gasteiger partial charge < -0.3 is 20.8 Å². The van der Waals surface area contributed by atoms with Crippen LogP contribution in [0.15, 0.2) is 48.2 Å². The third-order valence-corrected chi connectivity index (χ3v) is 4.00. The van der Waals surface area contributed by atoms with Crippen molar-refractivity contribution >= 4 is 29.6 Å². The number of amides is 4. The highest BCUT2D eigenvalue weighted by atomic mass is 16.3. The van der Waals surface area contributed by atoms with Crippen LogP contribution in [0.3, 0.4) is 0 Å². The number of benzene rings is 2. The van der Waals surface area contributed by atoms with Crippen molar-refractivity contribution in [1.29, 1.82) is 0 Å². The van der Waals surface area contributed by atoms with Crippen LogP contribution >= 0.6 is 0 Å². The molecule has 4 N–H and O–H groups in total. The van der Waals surface area contributed by atoms with Gasteiger partial charge in [-0.2, -0.15) is 0 Å². The summed E-state index contributed by atoms with van der Waals surface area (Å²) in [6, 6.07) is 10.3. The molecular formula is C19H17N3O5. The van der Waals surface area contributed by atoms with E-state index in [1.165, 1.54) is 18.2 Å². The maximum absolute atomic E-state index is 12.4. The average Bonchev–Trinajstić information content (AvgIpc) is 2.87. The lowest BCUT2D eigenvalue weighted by Gasteiger charge is -2.13. The molecule has 138 valence electrons. The summed E-state index contributed by atoms with van der Waals surface area (Å²) in [6.45, 7) is 1.38. The van der Waals surface area contributed by atoms with Gasteiger partial charge in [-0.25, -0.2) is 9.69 Å². The maximum atomic E-state index is 12.4. The molecule has 0 spiro atoms. The minimum absolute atomic E-state index is 0.0790. The average molecular weight is 367 g/mol. The molecule has 0 bridgehead atoms. The summed E-state index contributed by atoms with van der Waals surface area (Å²) < 4.78 is 0. The van der Waals surface area contributed by atoms with Crippen molar-refractivity contribution in [2.45, 2.75) is 6.92 Å². The summed E-state index contributed by atoms with van der Waals surface area (Å²) in [5.74, 6) is -1.58. The van der Waals surface area contributed by atoms with E-state index in [0.29, 0.717) is 5.69 Å². The van der Waals surface area contributed by atoms with Crippen LogP contribution in [0.5, 0.6) is 11.5 Å². The molecule has 1 heterocycles. The molecule has 8 nitrogen and oxygen atoms in total. The fourth-order valence-corrected chi connectivity index (χ4v) is 2.57. The van der Waals surface area contributed by atoms with E-state index >= 15 is 0 Å². The van der Waals surface area contributed by atoms with Crippen LogP contribution in [0.2, 0.25) is 0 Å². The quantitative estimate of drug-likeness (QED) is 0.486. The van der Waals surface area contributed by atoms with Crippen molar-refractivity contribution in [2.24, 2.45) is 0 Å². The summed E-state index contributed by atoms with van der Waals surface area (Å²) in [6.07, 6.45) is 1.27. The molecule has 1 aliphatic heterocycles. The second-order valence-corrected chi connectivity index (χ2v) is 5.99. The van der Waals surface area contributed by atoms with Crippen molar-refractivity contribution in [3.05, 3.63) is 59.3 Å². The summed E-state index contributed by atoms with van der Waals surface area (Å²) >= 11 is 0. The second-order valence-electron chi connectivity index (χ2n) is 5.99. The Labute approximate surface area is 154 Å². The summed E-state index contributed by atoms with van der Waals surface area (Å²) in [7, 11) is 0. The number of phenols is 2. The number of aryl methyl sites for hydroxylation is 1. The Morgan fingerprint density at radius 3 is 2.63 bits per heavy atom. The first-order valence-corrected chi connectivity index (χ1v) is 8.07. The molecule has 4 amide bonds. The van der Waals surface area contributed by atoms with Crippen LogP contribution in [0, 0.1) is 6.92 Å². The number of para-hydroxylation sites is 1. The van der Waals surface area contributed by atoms with Gasteiger partial charge in [0.2, 0.25) is 5.91 Å². The van der Waals surface area contributed by atoms with E-state index in [2.05, 4.69) is 10.6 Å². The van der Waals surface area contributed by atoms with Gasteiger partial charge >= 0.3 is 6.03 Å². The maximum Gasteiger partial charge on any atom is 0.329 e. The lowest BCUT2D eigenvalue weighted by atomic mass is 10.1. The zero-order valence-corrected chi connectivity index (χ0v) is 14.4. The standard InChI is InChI=1S/C19H17N3O5/c1-11-4-2-3-5-14(11)20-17(25)10-22-18(26)15(21-19(22)27)8-12-6-7-13(23)9-16(12)24/h2-9,23-24H,10H2,1H3,(H,20,25)(H,21,27)/b15-8-. The van der Waals surface area contributed by atoms with E-state index in [-0.39, 0.29) is 22.8 Å². The number of anilines is 1. The lowest BCUT2D eigenvalue weighted by molar-refractivity contribution is -0.127. The molecule has 1 fully saturated rings. The molecule has 0 saturated carbocycles. The number of nitrogens with one attached hydrogen (secondary N) is 2. The number of hydrogen-bond acceptors (Lipinski definition) is 5. The third-order valence-electron chi connectivity index (χ3n) is 4.00. The molecule has 2 aromatic carbocycles. The van der Waals surface area contributed by atoms with Crippen LogP contribution in [0.1, 0.15) is 11.1 Å². The molecule has 1 aliphatic rings. The minimum Gasteiger partial charge on any atom is -0.508 e. The molecular weight excluding hydrogens is 350 g/mol. The predicted octanol–water partition coefficient (Wildman–Crippen LogP) is 1.94. The third kappa shape index (κ3) is 3.90. The van der Waals surface area contributed by atoms with Gasteiger partial charge in [0.15, 0.2) is 0 Å². The number of imide groups is 1. The molecule has 0 radical (unpaired) electrons. The van der Waals surface area contributed by atoms with E-state index in [9.17, 15) is 24.6 Å². The fourth-order valence-electron chi connectivity index (χ4n) is 2.57. The highest BCUT2D eigenvalue weighted by Crippen LogP contribution is 2.25. The minimum atomic E-state index is -0.732.